The minimum Gasteiger partial charge on any atom is -0.323 e. The lowest BCUT2D eigenvalue weighted by atomic mass is 10.00. The summed E-state index contributed by atoms with van der Waals surface area (Å²) >= 11 is 0. The first kappa shape index (κ1) is 15.4. The van der Waals surface area contributed by atoms with Crippen LogP contribution in [0.15, 0.2) is 18.2 Å². The second kappa shape index (κ2) is 6.20. The van der Waals surface area contributed by atoms with Crippen molar-refractivity contribution in [1.29, 1.82) is 5.26 Å². The zero-order valence-corrected chi connectivity index (χ0v) is 12.2. The summed E-state index contributed by atoms with van der Waals surface area (Å²) in [7, 11) is 0. The largest absolute Gasteiger partial charge is 0.323 e. The molecule has 0 saturated carbocycles. The standard InChI is InChI=1S/C15H19FN4O/c1-15(2,20-8-6-18-7-9-20)14(21)19-13-5-3-4-12(16)11(13)10-17/h3-5,18H,6-9H2,1-2H3,(H,19,21). The van der Waals surface area contributed by atoms with Crippen molar-refractivity contribution in [2.75, 3.05) is 31.5 Å². The van der Waals surface area contributed by atoms with Gasteiger partial charge in [0.05, 0.1) is 11.2 Å². The van der Waals surface area contributed by atoms with Crippen molar-refractivity contribution >= 4 is 11.6 Å². The Kier molecular flexibility index (Phi) is 4.56. The van der Waals surface area contributed by atoms with Crippen LogP contribution in [0.1, 0.15) is 19.4 Å². The number of nitrogens with one attached hydrogen (secondary N) is 2. The SMILES string of the molecule is CC(C)(C(=O)Nc1cccc(F)c1C#N)N1CCNCC1. The number of halogens is 1. The van der Waals surface area contributed by atoms with Crippen molar-refractivity contribution in [1.82, 2.24) is 10.2 Å². The van der Waals surface area contributed by atoms with E-state index in [2.05, 4.69) is 15.5 Å². The number of piperazine rings is 1. The molecule has 1 amide bonds. The second-order valence-electron chi connectivity index (χ2n) is 5.52. The zero-order chi connectivity index (χ0) is 15.5. The van der Waals surface area contributed by atoms with E-state index in [0.717, 1.165) is 26.2 Å². The molecular weight excluding hydrogens is 271 g/mol. The predicted octanol–water partition coefficient (Wildman–Crippen LogP) is 1.32. The molecule has 1 fully saturated rings. The lowest BCUT2D eigenvalue weighted by Gasteiger charge is -2.39. The summed E-state index contributed by atoms with van der Waals surface area (Å²) in [5.74, 6) is -0.873. The number of anilines is 1. The summed E-state index contributed by atoms with van der Waals surface area (Å²) in [6, 6.07) is 6.00. The van der Waals surface area contributed by atoms with Gasteiger partial charge in [0.15, 0.2) is 0 Å². The maximum absolute atomic E-state index is 13.6. The van der Waals surface area contributed by atoms with Crippen LogP contribution in [0.5, 0.6) is 0 Å². The fourth-order valence-electron chi connectivity index (χ4n) is 2.38. The van der Waals surface area contributed by atoms with Crippen LogP contribution in [-0.4, -0.2) is 42.5 Å². The quantitative estimate of drug-likeness (QED) is 0.881. The summed E-state index contributed by atoms with van der Waals surface area (Å²) in [6.07, 6.45) is 0. The van der Waals surface area contributed by atoms with Crippen LogP contribution in [0, 0.1) is 17.1 Å². The fraction of sp³-hybridized carbons (Fsp3) is 0.467. The lowest BCUT2D eigenvalue weighted by Crippen LogP contribution is -2.58. The molecule has 1 aromatic carbocycles. The second-order valence-corrected chi connectivity index (χ2v) is 5.52. The molecule has 112 valence electrons. The maximum atomic E-state index is 13.6. The van der Waals surface area contributed by atoms with Crippen molar-refractivity contribution in [2.45, 2.75) is 19.4 Å². The fourth-order valence-corrected chi connectivity index (χ4v) is 2.38. The number of nitrogens with zero attached hydrogens (tertiary/aromatic N) is 2. The van der Waals surface area contributed by atoms with Crippen LogP contribution < -0.4 is 10.6 Å². The van der Waals surface area contributed by atoms with Gasteiger partial charge in [-0.1, -0.05) is 6.07 Å². The molecule has 2 rings (SSSR count). The first-order valence-electron chi connectivity index (χ1n) is 6.92. The number of amides is 1. The van der Waals surface area contributed by atoms with E-state index in [-0.39, 0.29) is 17.2 Å². The molecule has 1 aliphatic rings. The Balaban J connectivity index is 2.17. The van der Waals surface area contributed by atoms with Crippen molar-refractivity contribution in [2.24, 2.45) is 0 Å². The van der Waals surface area contributed by atoms with Crippen LogP contribution >= 0.6 is 0 Å². The molecule has 0 atom stereocenters. The number of benzene rings is 1. The summed E-state index contributed by atoms with van der Waals surface area (Å²) in [5, 5.41) is 14.9. The van der Waals surface area contributed by atoms with Gasteiger partial charge in [0.1, 0.15) is 17.4 Å². The smallest absolute Gasteiger partial charge is 0.244 e. The average Bonchev–Trinajstić information content (AvgIpc) is 2.48. The molecule has 6 heteroatoms. The molecule has 0 aliphatic carbocycles. The lowest BCUT2D eigenvalue weighted by molar-refractivity contribution is -0.126. The molecule has 5 nitrogen and oxygen atoms in total. The van der Waals surface area contributed by atoms with Crippen LogP contribution in [0.25, 0.3) is 0 Å². The number of carbonyl (C=O) groups is 1. The molecule has 1 aromatic rings. The average molecular weight is 290 g/mol. The Hall–Kier alpha value is -1.97. The highest BCUT2D eigenvalue weighted by Gasteiger charge is 2.35. The molecule has 0 aromatic heterocycles. The van der Waals surface area contributed by atoms with Gasteiger partial charge < -0.3 is 10.6 Å². The van der Waals surface area contributed by atoms with Gasteiger partial charge >= 0.3 is 0 Å². The molecule has 1 saturated heterocycles. The summed E-state index contributed by atoms with van der Waals surface area (Å²) < 4.78 is 13.6. The third-order valence-electron chi connectivity index (χ3n) is 3.84. The molecular formula is C15H19FN4O. The highest BCUT2D eigenvalue weighted by atomic mass is 19.1. The van der Waals surface area contributed by atoms with E-state index < -0.39 is 11.4 Å². The minimum absolute atomic E-state index is 0.137. The minimum atomic E-state index is -0.721. The number of hydrogen-bond acceptors (Lipinski definition) is 4. The monoisotopic (exact) mass is 290 g/mol. The van der Waals surface area contributed by atoms with Crippen molar-refractivity contribution < 1.29 is 9.18 Å². The van der Waals surface area contributed by atoms with E-state index in [0.29, 0.717) is 0 Å². The Morgan fingerprint density at radius 1 is 1.43 bits per heavy atom. The Bertz CT molecular complexity index is 574. The maximum Gasteiger partial charge on any atom is 0.244 e. The van der Waals surface area contributed by atoms with E-state index in [1.165, 1.54) is 18.2 Å². The molecule has 0 spiro atoms. The third kappa shape index (κ3) is 3.20. The van der Waals surface area contributed by atoms with Crippen LogP contribution in [0.4, 0.5) is 10.1 Å². The van der Waals surface area contributed by atoms with Gasteiger partial charge in [-0.15, -0.1) is 0 Å². The van der Waals surface area contributed by atoms with E-state index in [1.807, 2.05) is 13.8 Å². The third-order valence-corrected chi connectivity index (χ3v) is 3.84. The number of carbonyl (C=O) groups excluding carboxylic acids is 1. The van der Waals surface area contributed by atoms with Gasteiger partial charge in [-0.25, -0.2) is 4.39 Å². The van der Waals surface area contributed by atoms with Gasteiger partial charge in [-0.2, -0.15) is 5.26 Å². The van der Waals surface area contributed by atoms with Crippen LogP contribution in [0.3, 0.4) is 0 Å². The van der Waals surface area contributed by atoms with E-state index >= 15 is 0 Å². The van der Waals surface area contributed by atoms with Gasteiger partial charge in [-0.05, 0) is 26.0 Å². The summed E-state index contributed by atoms with van der Waals surface area (Å²) in [5.41, 5.74) is -0.645. The molecule has 0 bridgehead atoms. The molecule has 2 N–H and O–H groups in total. The molecule has 1 heterocycles. The molecule has 0 unspecified atom stereocenters. The molecule has 1 aliphatic heterocycles. The van der Waals surface area contributed by atoms with Gasteiger partial charge in [0.2, 0.25) is 5.91 Å². The molecule has 21 heavy (non-hydrogen) atoms. The highest BCUT2D eigenvalue weighted by Crippen LogP contribution is 2.22. The summed E-state index contributed by atoms with van der Waals surface area (Å²) in [6.45, 7) is 6.88. The van der Waals surface area contributed by atoms with Gasteiger partial charge in [0.25, 0.3) is 0 Å². The zero-order valence-electron chi connectivity index (χ0n) is 12.2. The normalized spacial score (nSPS) is 16.3. The predicted molar refractivity (Wildman–Crippen MR) is 78.3 cm³/mol. The van der Waals surface area contributed by atoms with Crippen molar-refractivity contribution in [3.63, 3.8) is 0 Å². The van der Waals surface area contributed by atoms with Crippen LogP contribution in [-0.2, 0) is 4.79 Å². The Labute approximate surface area is 123 Å². The Morgan fingerprint density at radius 2 is 2.10 bits per heavy atom. The van der Waals surface area contributed by atoms with Crippen molar-refractivity contribution in [3.05, 3.63) is 29.6 Å². The molecule has 0 radical (unpaired) electrons. The van der Waals surface area contributed by atoms with E-state index in [9.17, 15) is 9.18 Å². The number of rotatable bonds is 3. The van der Waals surface area contributed by atoms with E-state index in [4.69, 9.17) is 5.26 Å². The van der Waals surface area contributed by atoms with Gasteiger partial charge in [0, 0.05) is 26.2 Å². The van der Waals surface area contributed by atoms with Gasteiger partial charge in [-0.3, -0.25) is 9.69 Å². The summed E-state index contributed by atoms with van der Waals surface area (Å²) in [4.78, 5) is 14.6. The first-order valence-corrected chi connectivity index (χ1v) is 6.92. The van der Waals surface area contributed by atoms with Crippen molar-refractivity contribution in [3.8, 4) is 6.07 Å². The van der Waals surface area contributed by atoms with E-state index in [1.54, 1.807) is 6.07 Å². The topological polar surface area (TPSA) is 68.2 Å². The highest BCUT2D eigenvalue weighted by molar-refractivity contribution is 5.98. The number of nitriles is 1. The number of hydrogen-bond donors (Lipinski definition) is 2. The Morgan fingerprint density at radius 3 is 2.71 bits per heavy atom. The first-order chi connectivity index (χ1) is 9.96. The van der Waals surface area contributed by atoms with Crippen LogP contribution in [0.2, 0.25) is 0 Å².